The van der Waals surface area contributed by atoms with Crippen molar-refractivity contribution in [3.8, 4) is 11.1 Å². The van der Waals surface area contributed by atoms with Crippen molar-refractivity contribution >= 4 is 185 Å². The average Bonchev–Trinajstić information content (AvgIpc) is 2.82. The maximum Gasteiger partial charge on any atom is 2.00 e. The van der Waals surface area contributed by atoms with Gasteiger partial charge in [-0.1, -0.05) is 158 Å². The Morgan fingerprint density at radius 2 is 0.618 bits per heavy atom. The molecule has 0 amide bonds. The summed E-state index contributed by atoms with van der Waals surface area (Å²) >= 11 is 1.87. The molecule has 0 saturated heterocycles. The maximum atomic E-state index is 6.43. The molecule has 19 aromatic rings. The zero-order valence-electron chi connectivity index (χ0n) is 47.9. The van der Waals surface area contributed by atoms with Crippen LogP contribution in [-0.2, 0) is 0 Å². The first-order valence-electron chi connectivity index (χ1n) is 30.0. The zero-order chi connectivity index (χ0) is 57.6. The van der Waals surface area contributed by atoms with Crippen molar-refractivity contribution in [3.05, 3.63) is 303 Å². The quantitative estimate of drug-likeness (QED) is 0.117. The van der Waals surface area contributed by atoms with Gasteiger partial charge in [-0.3, -0.25) is 0 Å². The number of furan rings is 1. The molecule has 0 unspecified atom stereocenters. The fraction of sp³-hybridized carbons (Fsp3) is 0. The molecular weight excluding hydrogens is 1320 g/mol. The normalized spacial score (nSPS) is 12.0. The number of hydrogen-bond donors (Lipinski definition) is 0. The number of rotatable bonds is 7. The number of fused-ring (bicyclic) bond motifs is 24. The Hall–Kier alpha value is -10.2. The minimum Gasteiger partial charge on any atom is -0.456 e. The summed E-state index contributed by atoms with van der Waals surface area (Å²) in [4.78, 5) is 4.83. The Morgan fingerprint density at radius 3 is 1.15 bits per heavy atom. The molecule has 0 fully saturated rings. The fourth-order valence-electron chi connectivity index (χ4n) is 14.6. The van der Waals surface area contributed by atoms with Crippen LogP contribution in [0.3, 0.4) is 0 Å². The summed E-state index contributed by atoms with van der Waals surface area (Å²) in [5.41, 5.74) is 10.1. The Labute approximate surface area is 539 Å². The van der Waals surface area contributed by atoms with E-state index < -0.39 is 0 Å². The fourth-order valence-corrected chi connectivity index (χ4v) is 15.7. The van der Waals surface area contributed by atoms with Crippen LogP contribution in [0.15, 0.2) is 296 Å². The first-order valence-corrected chi connectivity index (χ1v) is 30.9. The van der Waals surface area contributed by atoms with Gasteiger partial charge in [0.1, 0.15) is 11.2 Å². The molecule has 3 nitrogen and oxygen atoms in total. The Bertz CT molecular complexity index is 6090. The van der Waals surface area contributed by atoms with Gasteiger partial charge in [0.15, 0.2) is 0 Å². The van der Waals surface area contributed by atoms with Crippen LogP contribution in [0.2, 0.25) is 0 Å². The van der Waals surface area contributed by atoms with Crippen molar-refractivity contribution < 1.29 is 35.5 Å². The van der Waals surface area contributed by atoms with Crippen LogP contribution in [-0.4, -0.2) is 0 Å². The number of benzene rings is 17. The van der Waals surface area contributed by atoms with Gasteiger partial charge in [-0.15, -0.1) is 23.5 Å². The van der Waals surface area contributed by atoms with Crippen LogP contribution in [0, 0.1) is 43.2 Å². The van der Waals surface area contributed by atoms with E-state index >= 15 is 0 Å². The summed E-state index contributed by atoms with van der Waals surface area (Å²) in [5.74, 6) is 0. The van der Waals surface area contributed by atoms with Crippen molar-refractivity contribution in [1.29, 1.82) is 0 Å². The minimum absolute atomic E-state index is 0. The van der Waals surface area contributed by atoms with Crippen LogP contribution in [0.5, 0.6) is 0 Å². The topological polar surface area (TPSA) is 19.6 Å². The molecule has 2 heterocycles. The van der Waals surface area contributed by atoms with Gasteiger partial charge in [0.25, 0.3) is 0 Å². The van der Waals surface area contributed by atoms with Crippen LogP contribution in [0.1, 0.15) is 0 Å². The number of hydrogen-bond acceptors (Lipinski definition) is 4. The molecule has 0 spiro atoms. The third-order valence-corrected chi connectivity index (χ3v) is 19.7. The molecule has 0 aliphatic heterocycles. The van der Waals surface area contributed by atoms with Gasteiger partial charge in [0, 0.05) is 59.4 Å². The molecule has 19 rings (SSSR count). The number of anilines is 6. The van der Waals surface area contributed by atoms with Gasteiger partial charge in [-0.05, 0) is 194 Å². The Kier molecular flexibility index (Phi) is 11.9. The molecule has 89 heavy (non-hydrogen) atoms. The molecular formula is C84H48N2OSU. The number of thiophene rings is 1. The van der Waals surface area contributed by atoms with E-state index in [0.717, 1.165) is 67.2 Å². The van der Waals surface area contributed by atoms with E-state index in [0.29, 0.717) is 0 Å². The largest absolute Gasteiger partial charge is 2.00 e. The van der Waals surface area contributed by atoms with E-state index in [-0.39, 0.29) is 31.1 Å². The predicted octanol–water partition coefficient (Wildman–Crippen LogP) is 24.5. The number of nitrogens with zero attached hydrogens (tertiary/aromatic N) is 2. The van der Waals surface area contributed by atoms with Gasteiger partial charge in [0.2, 0.25) is 0 Å². The Balaban J connectivity index is 0.00000591. The summed E-state index contributed by atoms with van der Waals surface area (Å²) in [6, 6.07) is 114. The molecule has 0 bridgehead atoms. The molecule has 0 aliphatic carbocycles. The van der Waals surface area contributed by atoms with Crippen LogP contribution >= 0.6 is 11.3 Å². The summed E-state index contributed by atoms with van der Waals surface area (Å²) in [6.45, 7) is 0. The molecule has 0 N–H and O–H groups in total. The smallest absolute Gasteiger partial charge is 0.456 e. The van der Waals surface area contributed by atoms with Crippen LogP contribution in [0.4, 0.5) is 34.1 Å². The van der Waals surface area contributed by atoms with Crippen LogP contribution in [0.25, 0.3) is 150 Å². The van der Waals surface area contributed by atoms with Gasteiger partial charge < -0.3 is 14.2 Å². The number of para-hydroxylation sites is 1. The van der Waals surface area contributed by atoms with Gasteiger partial charge >= 0.3 is 31.1 Å². The first-order chi connectivity index (χ1) is 43.6. The third-order valence-electron chi connectivity index (χ3n) is 18.5. The maximum absolute atomic E-state index is 6.43. The average molecular weight is 1370 g/mol. The molecule has 0 radical (unpaired) electrons. The van der Waals surface area contributed by atoms with Crippen LogP contribution < -0.4 is 9.80 Å². The molecule has 0 aliphatic rings. The summed E-state index contributed by atoms with van der Waals surface area (Å²) in [6.07, 6.45) is 0. The molecule has 0 saturated carbocycles. The van der Waals surface area contributed by atoms with E-state index in [2.05, 4.69) is 295 Å². The molecule has 410 valence electrons. The molecule has 5 heteroatoms. The van der Waals surface area contributed by atoms with Gasteiger partial charge in [-0.25, -0.2) is 11.1 Å². The second-order valence-corrected chi connectivity index (χ2v) is 24.4. The summed E-state index contributed by atoms with van der Waals surface area (Å²) in [7, 11) is 0. The van der Waals surface area contributed by atoms with Crippen molar-refractivity contribution in [2.24, 2.45) is 0 Å². The minimum atomic E-state index is 0. The second-order valence-electron chi connectivity index (χ2n) is 23.3. The van der Waals surface area contributed by atoms with E-state index in [1.807, 2.05) is 29.5 Å². The van der Waals surface area contributed by atoms with Crippen molar-refractivity contribution in [2.75, 3.05) is 9.80 Å². The predicted molar refractivity (Wildman–Crippen MR) is 377 cm³/mol. The SMILES string of the molecule is [U+2].[c-]1ccccc1-c1[c-]c(N(c2ccc3sc4cc5c6ccc(N(c7ccc8oc9ccccc9c8c7)c7ccc8c9ccccc9c9ccccc9c8c7)cc6c6ccccc6c5cc4c3c2)c2ccc3c4ccccc4c4ccccc4c3c2)ccc1. The van der Waals surface area contributed by atoms with Gasteiger partial charge in [0.05, 0.1) is 0 Å². The van der Waals surface area contributed by atoms with E-state index in [1.165, 1.54) is 117 Å². The Morgan fingerprint density at radius 1 is 0.247 bits per heavy atom. The van der Waals surface area contributed by atoms with Crippen molar-refractivity contribution in [2.45, 2.75) is 0 Å². The molecule has 17 aromatic carbocycles. The molecule has 2 aromatic heterocycles. The monoisotopic (exact) mass is 1370 g/mol. The van der Waals surface area contributed by atoms with Crippen molar-refractivity contribution in [3.63, 3.8) is 0 Å². The van der Waals surface area contributed by atoms with E-state index in [1.54, 1.807) is 0 Å². The molecule has 0 atom stereocenters. The summed E-state index contributed by atoms with van der Waals surface area (Å²) in [5, 5.41) is 27.0. The van der Waals surface area contributed by atoms with E-state index in [9.17, 15) is 0 Å². The summed E-state index contributed by atoms with van der Waals surface area (Å²) < 4.78 is 8.92. The van der Waals surface area contributed by atoms with E-state index in [4.69, 9.17) is 4.42 Å². The second kappa shape index (κ2) is 20.4. The van der Waals surface area contributed by atoms with Gasteiger partial charge in [-0.2, -0.15) is 42.5 Å². The standard InChI is InChI=1S/C84H48N2OS.U/c1-2-17-51(18-3-1)52-19-16-20-53(43-52)85(54-33-38-69-63-25-6-4-21-59(63)61-23-8-10-27-65(61)73(69)44-54)58-37-42-83-79(48-58)80-49-76-68-30-13-12-29-67(68)75-46-56(35-40-71(75)77(76)50-84(80)88-83)86(57-36-41-82-78(47-57)72-31-14-15-32-81(72)87-82)55-34-39-70-64-26-7-5-22-60(64)62-24-9-11-28-66(62)74(70)45-55;/h1-17,19-42,44-50H;/q-2;+2. The van der Waals surface area contributed by atoms with Crippen molar-refractivity contribution in [1.82, 2.24) is 0 Å². The first kappa shape index (κ1) is 51.9. The third kappa shape index (κ3) is 8.10. The zero-order valence-corrected chi connectivity index (χ0v) is 52.9.